The minimum absolute atomic E-state index is 0.343. The summed E-state index contributed by atoms with van der Waals surface area (Å²) in [6.45, 7) is 3.77. The van der Waals surface area contributed by atoms with Crippen LogP contribution in [-0.4, -0.2) is 26.0 Å². The SMILES string of the molecule is Cc1cc(C)nc(Sc2cc(C(=O)O)c([N+](=O)[O-])cn2)c1. The number of pyridine rings is 2. The van der Waals surface area contributed by atoms with E-state index in [9.17, 15) is 14.9 Å². The first-order valence-corrected chi connectivity index (χ1v) is 6.69. The highest BCUT2D eigenvalue weighted by Gasteiger charge is 2.21. The third-order valence-corrected chi connectivity index (χ3v) is 3.42. The molecule has 21 heavy (non-hydrogen) atoms. The number of nitrogens with zero attached hydrogens (tertiary/aromatic N) is 3. The first kappa shape index (κ1) is 14.9. The molecular formula is C13H11N3O4S. The Labute approximate surface area is 124 Å². The molecule has 0 aliphatic rings. The number of carboxylic acids is 1. The molecule has 2 aromatic heterocycles. The number of hydrogen-bond acceptors (Lipinski definition) is 6. The van der Waals surface area contributed by atoms with E-state index in [1.165, 1.54) is 6.07 Å². The maximum absolute atomic E-state index is 11.1. The van der Waals surface area contributed by atoms with Gasteiger partial charge in [-0.25, -0.2) is 14.8 Å². The number of nitro groups is 1. The van der Waals surface area contributed by atoms with Crippen LogP contribution in [0.2, 0.25) is 0 Å². The summed E-state index contributed by atoms with van der Waals surface area (Å²) in [5, 5.41) is 20.8. The molecule has 2 aromatic rings. The van der Waals surface area contributed by atoms with Crippen LogP contribution in [0.4, 0.5) is 5.69 Å². The Morgan fingerprint density at radius 3 is 2.57 bits per heavy atom. The van der Waals surface area contributed by atoms with Crippen molar-refractivity contribution < 1.29 is 14.8 Å². The van der Waals surface area contributed by atoms with Crippen molar-refractivity contribution in [1.82, 2.24) is 9.97 Å². The molecule has 2 rings (SSSR count). The second-order valence-corrected chi connectivity index (χ2v) is 5.37. The lowest BCUT2D eigenvalue weighted by Gasteiger charge is -2.04. The molecule has 1 N–H and O–H groups in total. The molecule has 0 bridgehead atoms. The van der Waals surface area contributed by atoms with Crippen molar-refractivity contribution in [2.75, 3.05) is 0 Å². The highest BCUT2D eigenvalue weighted by molar-refractivity contribution is 7.99. The Morgan fingerprint density at radius 1 is 1.29 bits per heavy atom. The number of carboxylic acid groups (broad SMARTS) is 1. The van der Waals surface area contributed by atoms with Crippen LogP contribution < -0.4 is 0 Å². The highest BCUT2D eigenvalue weighted by Crippen LogP contribution is 2.28. The minimum Gasteiger partial charge on any atom is -0.477 e. The van der Waals surface area contributed by atoms with E-state index in [1.807, 2.05) is 26.0 Å². The quantitative estimate of drug-likeness (QED) is 0.683. The summed E-state index contributed by atoms with van der Waals surface area (Å²) >= 11 is 1.16. The van der Waals surface area contributed by atoms with Gasteiger partial charge >= 0.3 is 11.7 Å². The first-order valence-electron chi connectivity index (χ1n) is 5.87. The molecule has 0 amide bonds. The van der Waals surface area contributed by atoms with Gasteiger partial charge in [0.05, 0.1) is 4.92 Å². The lowest BCUT2D eigenvalue weighted by atomic mass is 10.2. The van der Waals surface area contributed by atoms with Gasteiger partial charge in [-0.3, -0.25) is 10.1 Å². The molecule has 2 heterocycles. The van der Waals surface area contributed by atoms with Crippen LogP contribution in [0.25, 0.3) is 0 Å². The van der Waals surface area contributed by atoms with E-state index in [2.05, 4.69) is 9.97 Å². The smallest absolute Gasteiger partial charge is 0.342 e. The molecular weight excluding hydrogens is 294 g/mol. The monoisotopic (exact) mass is 305 g/mol. The van der Waals surface area contributed by atoms with Gasteiger partial charge in [0, 0.05) is 5.69 Å². The van der Waals surface area contributed by atoms with Gasteiger partial charge in [-0.15, -0.1) is 0 Å². The fourth-order valence-corrected chi connectivity index (χ4v) is 2.70. The van der Waals surface area contributed by atoms with Crippen molar-refractivity contribution in [1.29, 1.82) is 0 Å². The summed E-state index contributed by atoms with van der Waals surface area (Å²) in [7, 11) is 0. The fraction of sp³-hybridized carbons (Fsp3) is 0.154. The van der Waals surface area contributed by atoms with Gasteiger partial charge in [0.2, 0.25) is 0 Å². The highest BCUT2D eigenvalue weighted by atomic mass is 32.2. The predicted octanol–water partition coefficient (Wildman–Crippen LogP) is 2.85. The van der Waals surface area contributed by atoms with Gasteiger partial charge in [0.1, 0.15) is 21.8 Å². The van der Waals surface area contributed by atoms with Gasteiger partial charge < -0.3 is 5.11 Å². The largest absolute Gasteiger partial charge is 0.477 e. The van der Waals surface area contributed by atoms with Crippen LogP contribution in [0.5, 0.6) is 0 Å². The molecule has 0 unspecified atom stereocenters. The van der Waals surface area contributed by atoms with Crippen molar-refractivity contribution in [3.05, 3.63) is 51.3 Å². The average Bonchev–Trinajstić information content (AvgIpc) is 2.36. The number of aromatic carboxylic acids is 1. The third kappa shape index (κ3) is 3.54. The maximum atomic E-state index is 11.1. The van der Waals surface area contributed by atoms with Crippen LogP contribution in [0.15, 0.2) is 34.4 Å². The van der Waals surface area contributed by atoms with Gasteiger partial charge in [0.25, 0.3) is 0 Å². The Balaban J connectivity index is 2.39. The molecule has 0 atom stereocenters. The molecule has 0 aromatic carbocycles. The summed E-state index contributed by atoms with van der Waals surface area (Å²) < 4.78 is 0. The van der Waals surface area contributed by atoms with Gasteiger partial charge in [-0.05, 0) is 37.6 Å². The molecule has 0 fully saturated rings. The number of aromatic nitrogens is 2. The predicted molar refractivity (Wildman–Crippen MR) is 75.7 cm³/mol. The van der Waals surface area contributed by atoms with Gasteiger partial charge in [-0.1, -0.05) is 11.8 Å². The standard InChI is InChI=1S/C13H11N3O4S/c1-7-3-8(2)15-12(4-7)21-11-5-9(13(17)18)10(6-14-11)16(19)20/h3-6H,1-2H3,(H,17,18). The summed E-state index contributed by atoms with van der Waals surface area (Å²) in [6, 6.07) is 4.93. The van der Waals surface area contributed by atoms with E-state index in [4.69, 9.17) is 5.11 Å². The molecule has 0 radical (unpaired) electrons. The number of hydrogen-bond donors (Lipinski definition) is 1. The Kier molecular flexibility index (Phi) is 4.18. The lowest BCUT2D eigenvalue weighted by Crippen LogP contribution is -2.04. The zero-order valence-corrected chi connectivity index (χ0v) is 12.0. The zero-order chi connectivity index (χ0) is 15.6. The van der Waals surface area contributed by atoms with E-state index in [-0.39, 0.29) is 5.56 Å². The van der Waals surface area contributed by atoms with Crippen LogP contribution in [-0.2, 0) is 0 Å². The summed E-state index contributed by atoms with van der Waals surface area (Å²) in [5.74, 6) is -1.36. The molecule has 0 spiro atoms. The molecule has 0 saturated carbocycles. The Hall–Kier alpha value is -2.48. The van der Waals surface area contributed by atoms with Crippen LogP contribution in [0.1, 0.15) is 21.6 Å². The molecule has 0 aliphatic heterocycles. The van der Waals surface area contributed by atoms with E-state index in [1.54, 1.807) is 0 Å². The second-order valence-electron chi connectivity index (χ2n) is 4.33. The van der Waals surface area contributed by atoms with Crippen LogP contribution in [0.3, 0.4) is 0 Å². The summed E-state index contributed by atoms with van der Waals surface area (Å²) in [5.41, 5.74) is 0.936. The van der Waals surface area contributed by atoms with Crippen molar-refractivity contribution >= 4 is 23.4 Å². The van der Waals surface area contributed by atoms with E-state index >= 15 is 0 Å². The van der Waals surface area contributed by atoms with Crippen LogP contribution >= 0.6 is 11.8 Å². The number of aryl methyl sites for hydroxylation is 2. The van der Waals surface area contributed by atoms with Crippen molar-refractivity contribution in [2.24, 2.45) is 0 Å². The van der Waals surface area contributed by atoms with E-state index in [0.29, 0.717) is 10.1 Å². The van der Waals surface area contributed by atoms with E-state index < -0.39 is 16.6 Å². The van der Waals surface area contributed by atoms with Crippen molar-refractivity contribution in [3.8, 4) is 0 Å². The molecule has 7 nitrogen and oxygen atoms in total. The average molecular weight is 305 g/mol. The second kappa shape index (κ2) is 5.88. The number of carbonyl (C=O) groups is 1. The van der Waals surface area contributed by atoms with Gasteiger partial charge in [-0.2, -0.15) is 0 Å². The summed E-state index contributed by atoms with van der Waals surface area (Å²) in [6.07, 6.45) is 0.953. The minimum atomic E-state index is -1.36. The number of rotatable bonds is 4. The van der Waals surface area contributed by atoms with Crippen molar-refractivity contribution in [2.45, 2.75) is 23.9 Å². The lowest BCUT2D eigenvalue weighted by molar-refractivity contribution is -0.385. The normalized spacial score (nSPS) is 10.4. The molecule has 8 heteroatoms. The van der Waals surface area contributed by atoms with Gasteiger partial charge in [0.15, 0.2) is 0 Å². The molecule has 0 aliphatic carbocycles. The van der Waals surface area contributed by atoms with Crippen molar-refractivity contribution in [3.63, 3.8) is 0 Å². The Bertz CT molecular complexity index is 713. The molecule has 0 saturated heterocycles. The fourth-order valence-electron chi connectivity index (χ4n) is 1.77. The molecule has 108 valence electrons. The van der Waals surface area contributed by atoms with Crippen LogP contribution in [0, 0.1) is 24.0 Å². The summed E-state index contributed by atoms with van der Waals surface area (Å²) in [4.78, 5) is 29.3. The first-order chi connectivity index (χ1) is 9.86. The third-order valence-electron chi connectivity index (χ3n) is 2.57. The van der Waals surface area contributed by atoms with E-state index in [0.717, 1.165) is 29.2 Å². The zero-order valence-electron chi connectivity index (χ0n) is 11.2. The maximum Gasteiger partial charge on any atom is 0.342 e. The topological polar surface area (TPSA) is 106 Å². The Morgan fingerprint density at radius 2 is 2.00 bits per heavy atom.